The Morgan fingerprint density at radius 2 is 1.71 bits per heavy atom. The molecule has 0 heterocycles. The van der Waals surface area contributed by atoms with Crippen molar-refractivity contribution in [1.82, 2.24) is 0 Å². The van der Waals surface area contributed by atoms with Gasteiger partial charge in [0.25, 0.3) is 0 Å². The van der Waals surface area contributed by atoms with Crippen LogP contribution in [0.4, 0.5) is 0 Å². The van der Waals surface area contributed by atoms with Gasteiger partial charge in [-0.2, -0.15) is 0 Å². The summed E-state index contributed by atoms with van der Waals surface area (Å²) in [6.45, 7) is 4.02. The van der Waals surface area contributed by atoms with Gasteiger partial charge in [0.05, 0.1) is 20.3 Å². The quantitative estimate of drug-likeness (QED) is 0.855. The summed E-state index contributed by atoms with van der Waals surface area (Å²) in [4.78, 5) is 0. The molecule has 1 N–H and O–H groups in total. The summed E-state index contributed by atoms with van der Waals surface area (Å²) in [5.74, 6) is 1.33. The molecule has 0 fully saturated rings. The Morgan fingerprint density at radius 3 is 2.29 bits per heavy atom. The van der Waals surface area contributed by atoms with E-state index >= 15 is 0 Å². The van der Waals surface area contributed by atoms with Gasteiger partial charge in [0.1, 0.15) is 0 Å². The summed E-state index contributed by atoms with van der Waals surface area (Å²) in [5.41, 5.74) is 1.61. The Bertz CT molecular complexity index is 461. The molecular formula is C14H18O3. The average molecular weight is 234 g/mol. The van der Waals surface area contributed by atoms with E-state index in [0.717, 1.165) is 11.1 Å². The molecular weight excluding hydrogens is 216 g/mol. The number of hydrogen-bond donors (Lipinski definition) is 1. The molecule has 1 aromatic carbocycles. The van der Waals surface area contributed by atoms with E-state index in [2.05, 4.69) is 0 Å². The van der Waals surface area contributed by atoms with E-state index in [-0.39, 0.29) is 5.41 Å². The van der Waals surface area contributed by atoms with Gasteiger partial charge in [-0.05, 0) is 23.3 Å². The topological polar surface area (TPSA) is 38.7 Å². The summed E-state index contributed by atoms with van der Waals surface area (Å²) in [5, 5.41) is 10.3. The van der Waals surface area contributed by atoms with Crippen LogP contribution in [0.1, 0.15) is 31.1 Å². The highest BCUT2D eigenvalue weighted by atomic mass is 16.5. The first-order valence-corrected chi connectivity index (χ1v) is 5.63. The van der Waals surface area contributed by atoms with Crippen molar-refractivity contribution in [3.05, 3.63) is 29.3 Å². The Hall–Kier alpha value is -1.48. The fraction of sp³-hybridized carbons (Fsp3) is 0.429. The molecule has 1 atom stereocenters. The van der Waals surface area contributed by atoms with E-state index in [1.807, 2.05) is 38.1 Å². The highest BCUT2D eigenvalue weighted by Crippen LogP contribution is 2.44. The van der Waals surface area contributed by atoms with Crippen LogP contribution in [0, 0.1) is 5.41 Å². The van der Waals surface area contributed by atoms with E-state index < -0.39 is 6.10 Å². The predicted octanol–water partition coefficient (Wildman–Crippen LogP) is 2.79. The molecule has 0 saturated heterocycles. The van der Waals surface area contributed by atoms with E-state index in [4.69, 9.17) is 9.47 Å². The zero-order valence-corrected chi connectivity index (χ0v) is 10.7. The standard InChI is InChI=1S/C14H18O3/c1-14(2)6-5-9-7-11(16-3)12(17-4)8-10(9)13(14)15/h5-8,13,15H,1-4H3. The van der Waals surface area contributed by atoms with Crippen molar-refractivity contribution in [2.75, 3.05) is 14.2 Å². The minimum absolute atomic E-state index is 0.257. The summed E-state index contributed by atoms with van der Waals surface area (Å²) in [7, 11) is 3.21. The van der Waals surface area contributed by atoms with E-state index in [1.165, 1.54) is 0 Å². The number of aliphatic hydroxyl groups excluding tert-OH is 1. The second-order valence-corrected chi connectivity index (χ2v) is 4.89. The second kappa shape index (κ2) is 4.08. The number of aliphatic hydroxyl groups is 1. The van der Waals surface area contributed by atoms with Crippen molar-refractivity contribution in [3.63, 3.8) is 0 Å². The van der Waals surface area contributed by atoms with Gasteiger partial charge in [-0.15, -0.1) is 0 Å². The van der Waals surface area contributed by atoms with Crippen LogP contribution in [0.5, 0.6) is 11.5 Å². The van der Waals surface area contributed by atoms with Crippen LogP contribution in [0.15, 0.2) is 18.2 Å². The van der Waals surface area contributed by atoms with Crippen LogP contribution in [0.25, 0.3) is 6.08 Å². The Balaban J connectivity index is 2.57. The normalized spacial score (nSPS) is 20.9. The lowest BCUT2D eigenvalue weighted by Crippen LogP contribution is -2.23. The summed E-state index contributed by atoms with van der Waals surface area (Å²) in [6.07, 6.45) is 3.51. The Morgan fingerprint density at radius 1 is 1.12 bits per heavy atom. The lowest BCUT2D eigenvalue weighted by atomic mass is 9.77. The zero-order chi connectivity index (χ0) is 12.6. The average Bonchev–Trinajstić information content (AvgIpc) is 2.33. The monoisotopic (exact) mass is 234 g/mol. The van der Waals surface area contributed by atoms with Crippen LogP contribution in [0.2, 0.25) is 0 Å². The van der Waals surface area contributed by atoms with Crippen molar-refractivity contribution in [2.45, 2.75) is 20.0 Å². The minimum atomic E-state index is -0.526. The van der Waals surface area contributed by atoms with Crippen molar-refractivity contribution >= 4 is 6.08 Å². The van der Waals surface area contributed by atoms with Crippen molar-refractivity contribution in [3.8, 4) is 11.5 Å². The van der Waals surface area contributed by atoms with Gasteiger partial charge in [0.2, 0.25) is 0 Å². The highest BCUT2D eigenvalue weighted by Gasteiger charge is 2.32. The molecule has 2 rings (SSSR count). The van der Waals surface area contributed by atoms with Crippen molar-refractivity contribution < 1.29 is 14.6 Å². The fourth-order valence-electron chi connectivity index (χ4n) is 2.09. The van der Waals surface area contributed by atoms with Gasteiger partial charge in [0.15, 0.2) is 11.5 Å². The Labute approximate surface area is 102 Å². The molecule has 1 aliphatic rings. The molecule has 92 valence electrons. The maximum atomic E-state index is 10.3. The van der Waals surface area contributed by atoms with Gasteiger partial charge in [-0.25, -0.2) is 0 Å². The van der Waals surface area contributed by atoms with Crippen LogP contribution >= 0.6 is 0 Å². The number of methoxy groups -OCH3 is 2. The first-order valence-electron chi connectivity index (χ1n) is 5.63. The van der Waals surface area contributed by atoms with E-state index in [1.54, 1.807) is 14.2 Å². The Kier molecular flexibility index (Phi) is 2.87. The van der Waals surface area contributed by atoms with E-state index in [0.29, 0.717) is 11.5 Å². The van der Waals surface area contributed by atoms with Crippen LogP contribution in [-0.4, -0.2) is 19.3 Å². The largest absolute Gasteiger partial charge is 0.493 e. The molecule has 0 aromatic heterocycles. The lowest BCUT2D eigenvalue weighted by molar-refractivity contribution is 0.0800. The molecule has 1 aliphatic carbocycles. The maximum absolute atomic E-state index is 10.3. The molecule has 17 heavy (non-hydrogen) atoms. The molecule has 0 amide bonds. The van der Waals surface area contributed by atoms with Gasteiger partial charge in [-0.3, -0.25) is 0 Å². The molecule has 0 spiro atoms. The third kappa shape index (κ3) is 1.91. The second-order valence-electron chi connectivity index (χ2n) is 4.89. The van der Waals surface area contributed by atoms with Gasteiger partial charge in [-0.1, -0.05) is 26.0 Å². The zero-order valence-electron chi connectivity index (χ0n) is 10.7. The number of benzene rings is 1. The molecule has 0 bridgehead atoms. The van der Waals surface area contributed by atoms with E-state index in [9.17, 15) is 5.11 Å². The highest BCUT2D eigenvalue weighted by molar-refractivity contribution is 5.64. The van der Waals surface area contributed by atoms with Crippen LogP contribution in [0.3, 0.4) is 0 Å². The molecule has 1 unspecified atom stereocenters. The minimum Gasteiger partial charge on any atom is -0.493 e. The molecule has 3 heteroatoms. The molecule has 1 aromatic rings. The first-order chi connectivity index (χ1) is 7.99. The molecule has 0 radical (unpaired) electrons. The third-order valence-corrected chi connectivity index (χ3v) is 3.28. The predicted molar refractivity (Wildman–Crippen MR) is 67.3 cm³/mol. The van der Waals surface area contributed by atoms with Crippen molar-refractivity contribution in [2.24, 2.45) is 5.41 Å². The number of fused-ring (bicyclic) bond motifs is 1. The van der Waals surface area contributed by atoms with Gasteiger partial charge < -0.3 is 14.6 Å². The summed E-state index contributed by atoms with van der Waals surface area (Å²) >= 11 is 0. The van der Waals surface area contributed by atoms with Crippen molar-refractivity contribution in [1.29, 1.82) is 0 Å². The van der Waals surface area contributed by atoms with Gasteiger partial charge in [0, 0.05) is 5.41 Å². The van der Waals surface area contributed by atoms with Crippen LogP contribution < -0.4 is 9.47 Å². The smallest absolute Gasteiger partial charge is 0.161 e. The lowest BCUT2D eigenvalue weighted by Gasteiger charge is -2.32. The molecule has 3 nitrogen and oxygen atoms in total. The van der Waals surface area contributed by atoms with Crippen LogP contribution in [-0.2, 0) is 0 Å². The molecule has 0 aliphatic heterocycles. The number of hydrogen-bond acceptors (Lipinski definition) is 3. The number of ether oxygens (including phenoxy) is 2. The maximum Gasteiger partial charge on any atom is 0.161 e. The van der Waals surface area contributed by atoms with Gasteiger partial charge >= 0.3 is 0 Å². The summed E-state index contributed by atoms with van der Waals surface area (Å²) in [6, 6.07) is 3.74. The molecule has 0 saturated carbocycles. The summed E-state index contributed by atoms with van der Waals surface area (Å²) < 4.78 is 10.5. The fourth-order valence-corrected chi connectivity index (χ4v) is 2.09. The first kappa shape index (κ1) is 12.0. The number of rotatable bonds is 2. The third-order valence-electron chi connectivity index (χ3n) is 3.28. The SMILES string of the molecule is COc1cc2c(cc1OC)C(O)C(C)(C)C=C2.